The van der Waals surface area contributed by atoms with Crippen molar-refractivity contribution in [1.82, 2.24) is 4.90 Å². The maximum Gasteiger partial charge on any atom is 0.255 e. The normalized spacial score (nSPS) is 19.1. The van der Waals surface area contributed by atoms with Gasteiger partial charge in [-0.05, 0) is 12.1 Å². The second-order valence-corrected chi connectivity index (χ2v) is 7.10. The lowest BCUT2D eigenvalue weighted by Crippen LogP contribution is -2.28. The number of primary amides is 1. The number of carbonyl (C=O) groups is 1. The lowest BCUT2D eigenvalue weighted by atomic mass is 10.1. The maximum atomic E-state index is 14.0. The molecule has 1 heterocycles. The summed E-state index contributed by atoms with van der Waals surface area (Å²) in [5.41, 5.74) is 6.17. The van der Waals surface area contributed by atoms with Crippen molar-refractivity contribution >= 4 is 17.7 Å². The third kappa shape index (κ3) is 4.22. The van der Waals surface area contributed by atoms with Gasteiger partial charge in [-0.1, -0.05) is 24.3 Å². The van der Waals surface area contributed by atoms with Crippen molar-refractivity contribution in [3.63, 3.8) is 0 Å². The Labute approximate surface area is 158 Å². The third-order valence-electron chi connectivity index (χ3n) is 4.13. The van der Waals surface area contributed by atoms with Crippen molar-refractivity contribution in [2.75, 3.05) is 18.9 Å². The molecule has 2 aromatic rings. The minimum absolute atomic E-state index is 0.296. The van der Waals surface area contributed by atoms with Crippen LogP contribution in [0.4, 0.5) is 8.78 Å². The molecule has 1 aliphatic heterocycles. The van der Waals surface area contributed by atoms with Gasteiger partial charge >= 0.3 is 0 Å². The smallest absolute Gasteiger partial charge is 0.255 e. The number of carbonyl (C=O) groups excluding carboxylic acids is 1. The van der Waals surface area contributed by atoms with E-state index in [0.717, 1.165) is 23.9 Å². The van der Waals surface area contributed by atoms with Crippen LogP contribution in [0.5, 0.6) is 5.75 Å². The summed E-state index contributed by atoms with van der Waals surface area (Å²) in [6, 6.07) is 9.23. The summed E-state index contributed by atoms with van der Waals surface area (Å²) in [5.74, 6) is -2.99. The molecule has 0 aliphatic carbocycles. The largest absolute Gasteiger partial charge is 0.478 e. The van der Waals surface area contributed by atoms with Gasteiger partial charge in [0.05, 0.1) is 0 Å². The number of amides is 1. The van der Waals surface area contributed by atoms with Gasteiger partial charge in [-0.3, -0.25) is 4.79 Å². The van der Waals surface area contributed by atoms with Crippen molar-refractivity contribution < 1.29 is 28.5 Å². The lowest BCUT2D eigenvalue weighted by Gasteiger charge is -2.23. The van der Waals surface area contributed by atoms with Crippen molar-refractivity contribution in [1.29, 1.82) is 0 Å². The SMILES string of the molecule is NC(=O)COc1c(F)cc(SCCN2C(O)c3ccccc3C2O)cc1F. The molecule has 0 spiro atoms. The van der Waals surface area contributed by atoms with Crippen LogP contribution in [-0.4, -0.2) is 39.9 Å². The van der Waals surface area contributed by atoms with Crippen molar-refractivity contribution in [2.24, 2.45) is 5.73 Å². The standard InChI is InChI=1S/C18H18F2N2O4S/c19-13-7-10(8-14(20)16(13)26-9-15(21)23)27-6-5-22-17(24)11-3-1-2-4-12(11)18(22)25/h1-4,7-8,17-18,24-25H,5-6,9H2,(H2,21,23). The molecule has 0 radical (unpaired) electrons. The van der Waals surface area contributed by atoms with Gasteiger partial charge in [0, 0.05) is 28.3 Å². The highest BCUT2D eigenvalue weighted by Gasteiger charge is 2.35. The average molecular weight is 396 g/mol. The molecular formula is C18H18F2N2O4S. The van der Waals surface area contributed by atoms with Crippen molar-refractivity contribution in [3.8, 4) is 5.75 Å². The van der Waals surface area contributed by atoms with Crippen LogP contribution >= 0.6 is 11.8 Å². The predicted molar refractivity (Wildman–Crippen MR) is 94.8 cm³/mol. The van der Waals surface area contributed by atoms with E-state index in [2.05, 4.69) is 0 Å². The van der Waals surface area contributed by atoms with Crippen LogP contribution in [0.2, 0.25) is 0 Å². The van der Waals surface area contributed by atoms with Crippen LogP contribution in [0.1, 0.15) is 23.6 Å². The zero-order valence-corrected chi connectivity index (χ0v) is 15.0. The van der Waals surface area contributed by atoms with Gasteiger partial charge in [0.25, 0.3) is 5.91 Å². The first kappa shape index (κ1) is 19.6. The third-order valence-corrected chi connectivity index (χ3v) is 5.09. The molecule has 4 N–H and O–H groups in total. The van der Waals surface area contributed by atoms with E-state index < -0.39 is 42.4 Å². The van der Waals surface area contributed by atoms with E-state index in [1.54, 1.807) is 24.3 Å². The number of thioether (sulfide) groups is 1. The molecule has 1 aliphatic rings. The monoisotopic (exact) mass is 396 g/mol. The van der Waals surface area contributed by atoms with Crippen LogP contribution in [0.15, 0.2) is 41.3 Å². The number of hydrogen-bond acceptors (Lipinski definition) is 6. The Hall–Kier alpha value is -2.20. The van der Waals surface area contributed by atoms with Gasteiger partial charge in [0.15, 0.2) is 24.0 Å². The number of fused-ring (bicyclic) bond motifs is 1. The Morgan fingerprint density at radius 2 is 1.70 bits per heavy atom. The number of halogens is 2. The number of benzene rings is 2. The molecule has 2 unspecified atom stereocenters. The summed E-state index contributed by atoms with van der Waals surface area (Å²) >= 11 is 1.16. The molecule has 0 bridgehead atoms. The number of ether oxygens (including phenoxy) is 1. The van der Waals surface area contributed by atoms with E-state index >= 15 is 0 Å². The summed E-state index contributed by atoms with van der Waals surface area (Å²) in [4.78, 5) is 12.5. The minimum atomic E-state index is -0.938. The molecule has 144 valence electrons. The average Bonchev–Trinajstić information content (AvgIpc) is 2.86. The van der Waals surface area contributed by atoms with E-state index in [1.807, 2.05) is 0 Å². The number of nitrogens with two attached hydrogens (primary N) is 1. The highest BCUT2D eigenvalue weighted by atomic mass is 32.2. The molecule has 2 aromatic carbocycles. The van der Waals surface area contributed by atoms with Crippen molar-refractivity contribution in [3.05, 3.63) is 59.2 Å². The highest BCUT2D eigenvalue weighted by Crippen LogP contribution is 2.39. The number of aliphatic hydroxyl groups excluding tert-OH is 2. The second kappa shape index (κ2) is 8.22. The molecule has 3 rings (SSSR count). The molecule has 9 heteroatoms. The van der Waals surface area contributed by atoms with Gasteiger partial charge in [-0.15, -0.1) is 11.8 Å². The van der Waals surface area contributed by atoms with Crippen LogP contribution in [0.25, 0.3) is 0 Å². The fourth-order valence-electron chi connectivity index (χ4n) is 2.89. The second-order valence-electron chi connectivity index (χ2n) is 5.93. The quantitative estimate of drug-likeness (QED) is 0.619. The molecule has 6 nitrogen and oxygen atoms in total. The molecular weight excluding hydrogens is 378 g/mol. The summed E-state index contributed by atoms with van der Waals surface area (Å²) in [7, 11) is 0. The number of rotatable bonds is 7. The Morgan fingerprint density at radius 1 is 1.15 bits per heavy atom. The maximum absolute atomic E-state index is 14.0. The number of hydrogen-bond donors (Lipinski definition) is 3. The fraction of sp³-hybridized carbons (Fsp3) is 0.278. The molecule has 0 saturated carbocycles. The molecule has 0 saturated heterocycles. The molecule has 2 atom stereocenters. The van der Waals surface area contributed by atoms with E-state index in [0.29, 0.717) is 28.3 Å². The van der Waals surface area contributed by atoms with Crippen LogP contribution in [-0.2, 0) is 4.79 Å². The summed E-state index contributed by atoms with van der Waals surface area (Å²) < 4.78 is 32.7. The van der Waals surface area contributed by atoms with Crippen LogP contribution in [0, 0.1) is 11.6 Å². The molecule has 1 amide bonds. The summed E-state index contributed by atoms with van der Waals surface area (Å²) in [5, 5.41) is 20.6. The van der Waals surface area contributed by atoms with Gasteiger partial charge in [-0.25, -0.2) is 13.7 Å². The zero-order chi connectivity index (χ0) is 19.6. The topological polar surface area (TPSA) is 96.0 Å². The van der Waals surface area contributed by atoms with E-state index in [9.17, 15) is 23.8 Å². The Balaban J connectivity index is 1.60. The highest BCUT2D eigenvalue weighted by molar-refractivity contribution is 7.99. The summed E-state index contributed by atoms with van der Waals surface area (Å²) in [6.45, 7) is -0.323. The summed E-state index contributed by atoms with van der Waals surface area (Å²) in [6.07, 6.45) is -1.87. The Bertz CT molecular complexity index is 800. The zero-order valence-electron chi connectivity index (χ0n) is 14.1. The number of nitrogens with zero attached hydrogens (tertiary/aromatic N) is 1. The number of aliphatic hydroxyl groups is 2. The van der Waals surface area contributed by atoms with Crippen LogP contribution < -0.4 is 10.5 Å². The van der Waals surface area contributed by atoms with E-state index in [1.165, 1.54) is 4.90 Å². The predicted octanol–water partition coefficient (Wildman–Crippen LogP) is 1.92. The Morgan fingerprint density at radius 3 is 2.22 bits per heavy atom. The van der Waals surface area contributed by atoms with Gasteiger partial charge < -0.3 is 20.7 Å². The first-order chi connectivity index (χ1) is 12.9. The van der Waals surface area contributed by atoms with Gasteiger partial charge in [0.2, 0.25) is 0 Å². The van der Waals surface area contributed by atoms with E-state index in [4.69, 9.17) is 10.5 Å². The molecule has 0 fully saturated rings. The fourth-order valence-corrected chi connectivity index (χ4v) is 3.80. The lowest BCUT2D eigenvalue weighted by molar-refractivity contribution is -0.120. The molecule has 27 heavy (non-hydrogen) atoms. The first-order valence-corrected chi connectivity index (χ1v) is 9.10. The van der Waals surface area contributed by atoms with Gasteiger partial charge in [0.1, 0.15) is 12.5 Å². The van der Waals surface area contributed by atoms with Gasteiger partial charge in [-0.2, -0.15) is 0 Å². The van der Waals surface area contributed by atoms with Crippen molar-refractivity contribution in [2.45, 2.75) is 17.4 Å². The Kier molecular flexibility index (Phi) is 5.95. The molecule has 0 aromatic heterocycles. The van der Waals surface area contributed by atoms with Crippen LogP contribution in [0.3, 0.4) is 0 Å². The first-order valence-electron chi connectivity index (χ1n) is 8.12. The minimum Gasteiger partial charge on any atom is -0.478 e. The van der Waals surface area contributed by atoms with E-state index in [-0.39, 0.29) is 0 Å².